The van der Waals surface area contributed by atoms with Crippen LogP contribution in [0.1, 0.15) is 60.9 Å². The van der Waals surface area contributed by atoms with Gasteiger partial charge in [0.15, 0.2) is 0 Å². The van der Waals surface area contributed by atoms with E-state index in [0.29, 0.717) is 18.4 Å². The van der Waals surface area contributed by atoms with E-state index in [1.165, 1.54) is 11.1 Å². The van der Waals surface area contributed by atoms with Crippen LogP contribution >= 0.6 is 0 Å². The molecule has 1 atom stereocenters. The van der Waals surface area contributed by atoms with Crippen molar-refractivity contribution in [2.24, 2.45) is 0 Å². The van der Waals surface area contributed by atoms with E-state index in [1.54, 1.807) is 6.33 Å². The Bertz CT molecular complexity index is 794. The first-order valence-electron chi connectivity index (χ1n) is 9.98. The van der Waals surface area contributed by atoms with Crippen molar-refractivity contribution in [1.82, 2.24) is 19.8 Å². The molecule has 4 rings (SSSR count). The summed E-state index contributed by atoms with van der Waals surface area (Å²) in [6, 6.07) is 8.92. The molecular weight excluding hydrogens is 336 g/mol. The van der Waals surface area contributed by atoms with Crippen molar-refractivity contribution in [2.45, 2.75) is 51.6 Å². The molecule has 142 valence electrons. The van der Waals surface area contributed by atoms with Gasteiger partial charge in [0.25, 0.3) is 0 Å². The predicted molar refractivity (Wildman–Crippen MR) is 105 cm³/mol. The van der Waals surface area contributed by atoms with E-state index >= 15 is 0 Å². The molecule has 0 aliphatic carbocycles. The summed E-state index contributed by atoms with van der Waals surface area (Å²) in [5.41, 5.74) is 4.96. The molecule has 1 aromatic carbocycles. The van der Waals surface area contributed by atoms with Crippen LogP contribution in [0.3, 0.4) is 0 Å². The first-order valence-corrected chi connectivity index (χ1v) is 9.98. The molecule has 5 nitrogen and oxygen atoms in total. The molecule has 2 aliphatic rings. The van der Waals surface area contributed by atoms with Crippen LogP contribution in [0, 0.1) is 0 Å². The number of likely N-dealkylation sites (tertiary alicyclic amines) is 1. The van der Waals surface area contributed by atoms with Crippen LogP contribution in [0.4, 0.5) is 0 Å². The van der Waals surface area contributed by atoms with Crippen molar-refractivity contribution in [3.8, 4) is 0 Å². The summed E-state index contributed by atoms with van der Waals surface area (Å²) in [4.78, 5) is 25.6. The zero-order valence-electron chi connectivity index (χ0n) is 16.3. The summed E-state index contributed by atoms with van der Waals surface area (Å²) in [6.07, 6.45) is 5.69. The third-order valence-corrected chi connectivity index (χ3v) is 5.83. The number of nitrogens with zero attached hydrogens (tertiary/aromatic N) is 4. The molecule has 5 heteroatoms. The van der Waals surface area contributed by atoms with Gasteiger partial charge >= 0.3 is 0 Å². The quantitative estimate of drug-likeness (QED) is 0.835. The van der Waals surface area contributed by atoms with Gasteiger partial charge in [0.1, 0.15) is 6.33 Å². The second kappa shape index (κ2) is 7.77. The Labute approximate surface area is 161 Å². The molecule has 2 aromatic rings. The van der Waals surface area contributed by atoms with Crippen molar-refractivity contribution in [3.63, 3.8) is 0 Å². The Morgan fingerprint density at radius 2 is 2.19 bits per heavy atom. The highest BCUT2D eigenvalue weighted by molar-refractivity contribution is 5.78. The second-order valence-electron chi connectivity index (χ2n) is 8.14. The Kier molecular flexibility index (Phi) is 5.21. The smallest absolute Gasteiger partial charge is 0.236 e. The van der Waals surface area contributed by atoms with Gasteiger partial charge in [-0.15, -0.1) is 0 Å². The third kappa shape index (κ3) is 4.03. The maximum atomic E-state index is 12.9. The van der Waals surface area contributed by atoms with Crippen LogP contribution < -0.4 is 0 Å². The minimum atomic E-state index is 0.237. The minimum absolute atomic E-state index is 0.237. The molecule has 1 saturated heterocycles. The number of hydrogen-bond acceptors (Lipinski definition) is 4. The van der Waals surface area contributed by atoms with Gasteiger partial charge in [0.2, 0.25) is 5.91 Å². The summed E-state index contributed by atoms with van der Waals surface area (Å²) in [6.45, 7) is 8.16. The van der Waals surface area contributed by atoms with Crippen molar-refractivity contribution in [2.75, 3.05) is 19.6 Å². The standard InChI is InChI=1S/C22H28N4O/c1-16(2)17-5-3-6-18(9-17)19-7-4-8-26(12-19)22(27)14-25-11-20-10-23-15-24-21(20)13-25/h3,5-6,9-10,15-16,19H,4,7-8,11-14H2,1-2H3. The third-order valence-electron chi connectivity index (χ3n) is 5.83. The van der Waals surface area contributed by atoms with Gasteiger partial charge in [-0.3, -0.25) is 9.69 Å². The Balaban J connectivity index is 1.38. The van der Waals surface area contributed by atoms with Gasteiger partial charge in [0, 0.05) is 43.9 Å². The number of carbonyl (C=O) groups excluding carboxylic acids is 1. The fourth-order valence-corrected chi connectivity index (χ4v) is 4.22. The molecule has 3 heterocycles. The van der Waals surface area contributed by atoms with Crippen LogP contribution in [0.2, 0.25) is 0 Å². The number of piperidine rings is 1. The molecule has 1 unspecified atom stereocenters. The number of amides is 1. The Morgan fingerprint density at radius 1 is 1.30 bits per heavy atom. The van der Waals surface area contributed by atoms with Crippen LogP contribution in [0.25, 0.3) is 0 Å². The summed E-state index contributed by atoms with van der Waals surface area (Å²) in [5, 5.41) is 0. The van der Waals surface area contributed by atoms with E-state index in [2.05, 4.69) is 57.9 Å². The van der Waals surface area contributed by atoms with Gasteiger partial charge < -0.3 is 4.90 Å². The topological polar surface area (TPSA) is 49.3 Å². The van der Waals surface area contributed by atoms with Crippen molar-refractivity contribution < 1.29 is 4.79 Å². The normalized spacial score (nSPS) is 20.1. The summed E-state index contributed by atoms with van der Waals surface area (Å²) in [5.74, 6) is 1.22. The number of fused-ring (bicyclic) bond motifs is 1. The molecule has 2 aliphatic heterocycles. The van der Waals surface area contributed by atoms with E-state index in [-0.39, 0.29) is 5.91 Å². The van der Waals surface area contributed by atoms with Gasteiger partial charge in [-0.05, 0) is 29.9 Å². The summed E-state index contributed by atoms with van der Waals surface area (Å²) < 4.78 is 0. The van der Waals surface area contributed by atoms with Crippen molar-refractivity contribution in [1.29, 1.82) is 0 Å². The zero-order valence-corrected chi connectivity index (χ0v) is 16.3. The molecule has 0 saturated carbocycles. The van der Waals surface area contributed by atoms with E-state index in [1.807, 2.05) is 6.20 Å². The van der Waals surface area contributed by atoms with Gasteiger partial charge in [0.05, 0.1) is 12.2 Å². The number of rotatable bonds is 4. The van der Waals surface area contributed by atoms with Crippen LogP contribution in [0.5, 0.6) is 0 Å². The first kappa shape index (κ1) is 18.1. The van der Waals surface area contributed by atoms with Crippen LogP contribution in [-0.2, 0) is 17.9 Å². The van der Waals surface area contributed by atoms with E-state index in [4.69, 9.17) is 0 Å². The lowest BCUT2D eigenvalue weighted by Gasteiger charge is -2.34. The predicted octanol–water partition coefficient (Wildman–Crippen LogP) is 3.32. The highest BCUT2D eigenvalue weighted by Crippen LogP contribution is 2.29. The van der Waals surface area contributed by atoms with E-state index in [9.17, 15) is 4.79 Å². The molecule has 0 N–H and O–H groups in total. The molecule has 1 aromatic heterocycles. The second-order valence-corrected chi connectivity index (χ2v) is 8.14. The maximum absolute atomic E-state index is 12.9. The number of hydrogen-bond donors (Lipinski definition) is 0. The number of aromatic nitrogens is 2. The molecule has 0 bridgehead atoms. The molecular formula is C22H28N4O. The van der Waals surface area contributed by atoms with Gasteiger partial charge in [-0.25, -0.2) is 9.97 Å². The van der Waals surface area contributed by atoms with E-state index in [0.717, 1.165) is 50.3 Å². The van der Waals surface area contributed by atoms with Crippen molar-refractivity contribution >= 4 is 5.91 Å². The number of benzene rings is 1. The van der Waals surface area contributed by atoms with Crippen molar-refractivity contribution in [3.05, 3.63) is 59.2 Å². The highest BCUT2D eigenvalue weighted by atomic mass is 16.2. The minimum Gasteiger partial charge on any atom is -0.341 e. The largest absolute Gasteiger partial charge is 0.341 e. The van der Waals surface area contributed by atoms with Crippen LogP contribution in [-0.4, -0.2) is 45.3 Å². The lowest BCUT2D eigenvalue weighted by Crippen LogP contribution is -2.43. The number of carbonyl (C=O) groups is 1. The highest BCUT2D eigenvalue weighted by Gasteiger charge is 2.28. The maximum Gasteiger partial charge on any atom is 0.236 e. The molecule has 0 spiro atoms. The van der Waals surface area contributed by atoms with E-state index < -0.39 is 0 Å². The monoisotopic (exact) mass is 364 g/mol. The Hall–Kier alpha value is -2.27. The fraction of sp³-hybridized carbons (Fsp3) is 0.500. The van der Waals surface area contributed by atoms with Crippen LogP contribution in [0.15, 0.2) is 36.8 Å². The lowest BCUT2D eigenvalue weighted by atomic mass is 9.88. The fourth-order valence-electron chi connectivity index (χ4n) is 4.22. The Morgan fingerprint density at radius 3 is 3.00 bits per heavy atom. The molecule has 0 radical (unpaired) electrons. The molecule has 1 fully saturated rings. The van der Waals surface area contributed by atoms with Gasteiger partial charge in [-0.1, -0.05) is 38.1 Å². The SMILES string of the molecule is CC(C)c1cccc(C2CCCN(C(=O)CN3Cc4cncnc4C3)C2)c1. The summed E-state index contributed by atoms with van der Waals surface area (Å²) >= 11 is 0. The summed E-state index contributed by atoms with van der Waals surface area (Å²) in [7, 11) is 0. The molecule has 27 heavy (non-hydrogen) atoms. The van der Waals surface area contributed by atoms with Gasteiger partial charge in [-0.2, -0.15) is 0 Å². The first-order chi connectivity index (χ1) is 13.1. The average Bonchev–Trinajstić information content (AvgIpc) is 3.10. The molecule has 1 amide bonds. The zero-order chi connectivity index (χ0) is 18.8. The average molecular weight is 364 g/mol. The lowest BCUT2D eigenvalue weighted by molar-refractivity contribution is -0.133.